The molecule has 0 aromatic carbocycles. The molecule has 1 saturated heterocycles. The Hall–Kier alpha value is -0.120. The number of rotatable bonds is 7. The topological polar surface area (TPSA) is 24.5 Å². The minimum atomic E-state index is 0.407. The minimum Gasteiger partial charge on any atom is -0.375 e. The van der Waals surface area contributed by atoms with Crippen molar-refractivity contribution in [1.82, 2.24) is 10.2 Å². The Bertz CT molecular complexity index is 282. The molecule has 1 saturated carbocycles. The van der Waals surface area contributed by atoms with E-state index in [1.165, 1.54) is 45.1 Å². The molecule has 20 heavy (non-hydrogen) atoms. The maximum Gasteiger partial charge on any atom is 0.0730 e. The van der Waals surface area contributed by atoms with Gasteiger partial charge in [0.05, 0.1) is 12.7 Å². The second-order valence-electron chi connectivity index (χ2n) is 7.07. The van der Waals surface area contributed by atoms with Crippen LogP contribution in [0.1, 0.15) is 59.3 Å². The van der Waals surface area contributed by atoms with Gasteiger partial charge in [0.2, 0.25) is 0 Å². The van der Waals surface area contributed by atoms with Gasteiger partial charge in [-0.1, -0.05) is 40.0 Å². The van der Waals surface area contributed by atoms with Crippen LogP contribution in [0.2, 0.25) is 0 Å². The first kappa shape index (κ1) is 16.3. The van der Waals surface area contributed by atoms with Crippen molar-refractivity contribution in [3.63, 3.8) is 0 Å². The Morgan fingerprint density at radius 1 is 1.25 bits per heavy atom. The van der Waals surface area contributed by atoms with Gasteiger partial charge >= 0.3 is 0 Å². The predicted octanol–water partition coefficient (Wildman–Crippen LogP) is 3.05. The molecule has 0 bridgehead atoms. The molecule has 3 unspecified atom stereocenters. The van der Waals surface area contributed by atoms with Crippen LogP contribution in [0.4, 0.5) is 0 Å². The third-order valence-corrected chi connectivity index (χ3v) is 5.09. The highest BCUT2D eigenvalue weighted by Crippen LogP contribution is 2.32. The summed E-state index contributed by atoms with van der Waals surface area (Å²) in [5.41, 5.74) is 0.407. The van der Waals surface area contributed by atoms with Gasteiger partial charge in [0.1, 0.15) is 0 Å². The normalized spacial score (nSPS) is 30.8. The first-order chi connectivity index (χ1) is 9.68. The molecule has 3 heteroatoms. The molecule has 3 nitrogen and oxygen atoms in total. The summed E-state index contributed by atoms with van der Waals surface area (Å²) in [6.45, 7) is 12.5. The van der Waals surface area contributed by atoms with Crippen LogP contribution in [0.25, 0.3) is 0 Å². The number of ether oxygens (including phenoxy) is 1. The Morgan fingerprint density at radius 3 is 2.80 bits per heavy atom. The van der Waals surface area contributed by atoms with Gasteiger partial charge < -0.3 is 10.1 Å². The fourth-order valence-electron chi connectivity index (χ4n) is 4.12. The zero-order valence-corrected chi connectivity index (χ0v) is 13.8. The van der Waals surface area contributed by atoms with E-state index in [1.807, 2.05) is 0 Å². The summed E-state index contributed by atoms with van der Waals surface area (Å²) in [5, 5.41) is 3.58. The summed E-state index contributed by atoms with van der Waals surface area (Å²) < 4.78 is 6.01. The van der Waals surface area contributed by atoms with Crippen molar-refractivity contribution in [3.8, 4) is 0 Å². The first-order valence-corrected chi connectivity index (χ1v) is 8.75. The van der Waals surface area contributed by atoms with E-state index in [4.69, 9.17) is 4.74 Å². The fourth-order valence-corrected chi connectivity index (χ4v) is 4.12. The van der Waals surface area contributed by atoms with E-state index in [2.05, 4.69) is 31.0 Å². The summed E-state index contributed by atoms with van der Waals surface area (Å²) in [4.78, 5) is 2.75. The molecule has 2 aliphatic rings. The van der Waals surface area contributed by atoms with E-state index >= 15 is 0 Å². The molecule has 2 rings (SSSR count). The van der Waals surface area contributed by atoms with Gasteiger partial charge in [-0.25, -0.2) is 0 Å². The summed E-state index contributed by atoms with van der Waals surface area (Å²) in [5.74, 6) is 0. The van der Waals surface area contributed by atoms with E-state index in [0.717, 1.165) is 26.2 Å². The largest absolute Gasteiger partial charge is 0.375 e. The number of nitrogens with one attached hydrogen (secondary N) is 1. The quantitative estimate of drug-likeness (QED) is 0.777. The van der Waals surface area contributed by atoms with Crippen molar-refractivity contribution in [2.45, 2.75) is 71.4 Å². The predicted molar refractivity (Wildman–Crippen MR) is 85.1 cm³/mol. The van der Waals surface area contributed by atoms with Crippen LogP contribution in [0, 0.1) is 5.41 Å². The highest BCUT2D eigenvalue weighted by molar-refractivity contribution is 4.91. The molecule has 1 heterocycles. The summed E-state index contributed by atoms with van der Waals surface area (Å²) in [7, 11) is 0. The average molecular weight is 282 g/mol. The van der Waals surface area contributed by atoms with Crippen LogP contribution in [0.5, 0.6) is 0 Å². The van der Waals surface area contributed by atoms with Crippen molar-refractivity contribution in [2.75, 3.05) is 32.8 Å². The molecule has 118 valence electrons. The molecule has 1 N–H and O–H groups in total. The highest BCUT2D eigenvalue weighted by Gasteiger charge is 2.37. The van der Waals surface area contributed by atoms with E-state index in [0.29, 0.717) is 17.6 Å². The van der Waals surface area contributed by atoms with Crippen molar-refractivity contribution in [3.05, 3.63) is 0 Å². The lowest BCUT2D eigenvalue weighted by Gasteiger charge is -2.47. The third-order valence-electron chi connectivity index (χ3n) is 5.09. The molecular weight excluding hydrogens is 248 g/mol. The fraction of sp³-hybridized carbons (Fsp3) is 1.00. The first-order valence-electron chi connectivity index (χ1n) is 8.75. The molecule has 2 fully saturated rings. The van der Waals surface area contributed by atoms with Crippen LogP contribution in [-0.4, -0.2) is 49.8 Å². The SMILES string of the molecule is CCCC(C)(CNCC)CN1CCOC2CCCCC21. The lowest BCUT2D eigenvalue weighted by molar-refractivity contribution is -0.0982. The molecule has 0 radical (unpaired) electrons. The Kier molecular flexibility index (Phi) is 6.31. The van der Waals surface area contributed by atoms with Gasteiger partial charge in [-0.15, -0.1) is 0 Å². The smallest absolute Gasteiger partial charge is 0.0730 e. The Morgan fingerprint density at radius 2 is 2.05 bits per heavy atom. The van der Waals surface area contributed by atoms with Gasteiger partial charge in [-0.3, -0.25) is 4.90 Å². The zero-order valence-electron chi connectivity index (χ0n) is 13.8. The van der Waals surface area contributed by atoms with Gasteiger partial charge in [-0.2, -0.15) is 0 Å². The number of fused-ring (bicyclic) bond motifs is 1. The van der Waals surface area contributed by atoms with Gasteiger partial charge in [0.15, 0.2) is 0 Å². The van der Waals surface area contributed by atoms with Crippen molar-refractivity contribution < 1.29 is 4.74 Å². The lowest BCUT2D eigenvalue weighted by Crippen LogP contribution is -2.56. The average Bonchev–Trinajstić information content (AvgIpc) is 2.46. The van der Waals surface area contributed by atoms with E-state index in [9.17, 15) is 0 Å². The monoisotopic (exact) mass is 282 g/mol. The van der Waals surface area contributed by atoms with E-state index in [1.54, 1.807) is 0 Å². The third kappa shape index (κ3) is 4.19. The van der Waals surface area contributed by atoms with Gasteiger partial charge in [0.25, 0.3) is 0 Å². The van der Waals surface area contributed by atoms with Crippen molar-refractivity contribution in [2.24, 2.45) is 5.41 Å². The number of hydrogen-bond acceptors (Lipinski definition) is 3. The highest BCUT2D eigenvalue weighted by atomic mass is 16.5. The minimum absolute atomic E-state index is 0.407. The molecule has 0 spiro atoms. The molecule has 1 aliphatic carbocycles. The van der Waals surface area contributed by atoms with Crippen LogP contribution >= 0.6 is 0 Å². The Labute approximate surface area is 125 Å². The van der Waals surface area contributed by atoms with Gasteiger partial charge in [0, 0.05) is 25.7 Å². The molecule has 0 amide bonds. The second kappa shape index (κ2) is 7.77. The molecule has 3 atom stereocenters. The molecule has 1 aliphatic heterocycles. The summed E-state index contributed by atoms with van der Waals surface area (Å²) >= 11 is 0. The molecular formula is C17H34N2O. The number of morpholine rings is 1. The molecule has 0 aromatic heterocycles. The van der Waals surface area contributed by atoms with Crippen LogP contribution in [-0.2, 0) is 4.74 Å². The molecule has 0 aromatic rings. The lowest BCUT2D eigenvalue weighted by atomic mass is 9.82. The van der Waals surface area contributed by atoms with Crippen LogP contribution < -0.4 is 5.32 Å². The van der Waals surface area contributed by atoms with Crippen molar-refractivity contribution in [1.29, 1.82) is 0 Å². The van der Waals surface area contributed by atoms with Crippen LogP contribution in [0.3, 0.4) is 0 Å². The number of nitrogens with zero attached hydrogens (tertiary/aromatic N) is 1. The second-order valence-corrected chi connectivity index (χ2v) is 7.07. The Balaban J connectivity index is 1.96. The van der Waals surface area contributed by atoms with E-state index < -0.39 is 0 Å². The zero-order chi connectivity index (χ0) is 14.4. The maximum absolute atomic E-state index is 6.01. The maximum atomic E-state index is 6.01. The number of hydrogen-bond donors (Lipinski definition) is 1. The standard InChI is InChI=1S/C17H34N2O/c1-4-10-17(3,13-18-5-2)14-19-11-12-20-16-9-7-6-8-15(16)19/h15-16,18H,4-14H2,1-3H3. The van der Waals surface area contributed by atoms with Crippen molar-refractivity contribution >= 4 is 0 Å². The van der Waals surface area contributed by atoms with E-state index in [-0.39, 0.29) is 0 Å². The summed E-state index contributed by atoms with van der Waals surface area (Å²) in [6, 6.07) is 0.690. The van der Waals surface area contributed by atoms with Gasteiger partial charge in [-0.05, 0) is 31.2 Å². The summed E-state index contributed by atoms with van der Waals surface area (Å²) in [6.07, 6.45) is 8.47. The van der Waals surface area contributed by atoms with Crippen LogP contribution in [0.15, 0.2) is 0 Å².